The Morgan fingerprint density at radius 3 is 2.25 bits per heavy atom. The second-order valence-electron chi connectivity index (χ2n) is 8.00. The van der Waals surface area contributed by atoms with Gasteiger partial charge < -0.3 is 4.90 Å². The van der Waals surface area contributed by atoms with Gasteiger partial charge in [0.2, 0.25) is 0 Å². The maximum Gasteiger partial charge on any atom is 0.253 e. The summed E-state index contributed by atoms with van der Waals surface area (Å²) in [4.78, 5) is 40.8. The van der Waals surface area contributed by atoms with Crippen molar-refractivity contribution in [2.24, 2.45) is 5.92 Å². The Bertz CT molecular complexity index is 1270. The van der Waals surface area contributed by atoms with Gasteiger partial charge in [0.05, 0.1) is 11.5 Å². The summed E-state index contributed by atoms with van der Waals surface area (Å²) in [5.74, 6) is -1.31. The monoisotopic (exact) mass is 475 g/mol. The lowest BCUT2D eigenvalue weighted by molar-refractivity contribution is 0.0698. The maximum atomic E-state index is 13.1. The van der Waals surface area contributed by atoms with Crippen molar-refractivity contribution in [1.29, 1.82) is 0 Å². The molecule has 0 radical (unpaired) electrons. The second kappa shape index (κ2) is 8.95. The molecule has 10 heteroatoms. The van der Waals surface area contributed by atoms with Crippen molar-refractivity contribution in [3.63, 3.8) is 0 Å². The van der Waals surface area contributed by atoms with E-state index in [2.05, 4.69) is 0 Å². The fraction of sp³-hybridized carbons (Fsp3) is 0.318. The summed E-state index contributed by atoms with van der Waals surface area (Å²) in [6.45, 7) is 0.854. The number of rotatable bonds is 5. The number of thiol groups is 2. The molecule has 1 fully saturated rings. The highest BCUT2D eigenvalue weighted by molar-refractivity contribution is 7.72. The van der Waals surface area contributed by atoms with Crippen LogP contribution in [0.2, 0.25) is 0 Å². The van der Waals surface area contributed by atoms with Crippen molar-refractivity contribution >= 4 is 38.9 Å². The first kappa shape index (κ1) is 22.3. The molecule has 1 amide bonds. The van der Waals surface area contributed by atoms with E-state index in [1.165, 1.54) is 36.4 Å². The number of nitrogens with zero attached hydrogens (tertiary/aromatic N) is 1. The molecule has 0 atom stereocenters. The Morgan fingerprint density at radius 1 is 0.875 bits per heavy atom. The average Bonchev–Trinajstić information content (AvgIpc) is 2.76. The average molecular weight is 476 g/mol. The molecular formula is C22H21NO7S2. The molecule has 1 aliphatic heterocycles. The van der Waals surface area contributed by atoms with E-state index in [1.807, 2.05) is 0 Å². The molecule has 1 heterocycles. The van der Waals surface area contributed by atoms with Gasteiger partial charge in [0, 0.05) is 40.9 Å². The normalized spacial score (nSPS) is 16.4. The number of ketones is 2. The molecule has 0 spiro atoms. The summed E-state index contributed by atoms with van der Waals surface area (Å²) >= 11 is 0. The number of piperidine rings is 1. The van der Waals surface area contributed by atoms with Crippen molar-refractivity contribution in [2.45, 2.75) is 18.6 Å². The number of fused-ring (bicyclic) bond motifs is 2. The maximum absolute atomic E-state index is 13.1. The zero-order valence-electron chi connectivity index (χ0n) is 17.0. The number of hydrogen-bond acceptors (Lipinski definition) is 7. The summed E-state index contributed by atoms with van der Waals surface area (Å²) in [5, 5.41) is 0. The smallest absolute Gasteiger partial charge is 0.253 e. The predicted octanol–water partition coefficient (Wildman–Crippen LogP) is 1.04. The molecule has 1 aliphatic carbocycles. The van der Waals surface area contributed by atoms with Gasteiger partial charge in [-0.15, -0.1) is 0 Å². The van der Waals surface area contributed by atoms with Crippen LogP contribution >= 0.6 is 0 Å². The Kier molecular flexibility index (Phi) is 6.25. The third-order valence-corrected chi connectivity index (χ3v) is 7.40. The number of carbonyl (C=O) groups is 3. The molecule has 0 aromatic heterocycles. The zero-order chi connectivity index (χ0) is 23.0. The molecule has 0 N–H and O–H groups in total. The number of benzene rings is 2. The fourth-order valence-corrected chi connectivity index (χ4v) is 5.71. The zero-order valence-corrected chi connectivity index (χ0v) is 18.8. The lowest BCUT2D eigenvalue weighted by Crippen LogP contribution is -2.39. The highest BCUT2D eigenvalue weighted by Gasteiger charge is 2.33. The van der Waals surface area contributed by atoms with Crippen molar-refractivity contribution < 1.29 is 31.2 Å². The van der Waals surface area contributed by atoms with Gasteiger partial charge in [-0.3, -0.25) is 14.4 Å². The van der Waals surface area contributed by atoms with Gasteiger partial charge in [-0.2, -0.15) is 0 Å². The molecule has 2 aromatic rings. The van der Waals surface area contributed by atoms with E-state index in [0.29, 0.717) is 25.9 Å². The summed E-state index contributed by atoms with van der Waals surface area (Å²) < 4.78 is 44.3. The van der Waals surface area contributed by atoms with Crippen molar-refractivity contribution in [2.75, 3.05) is 18.8 Å². The number of likely N-dealkylation sites (tertiary alicyclic amines) is 1. The second-order valence-corrected chi connectivity index (χ2v) is 10.0. The predicted molar refractivity (Wildman–Crippen MR) is 118 cm³/mol. The molecular weight excluding hydrogens is 454 g/mol. The molecule has 32 heavy (non-hydrogen) atoms. The first-order chi connectivity index (χ1) is 15.3. The Labute approximate surface area is 188 Å². The van der Waals surface area contributed by atoms with Crippen LogP contribution in [0.4, 0.5) is 0 Å². The van der Waals surface area contributed by atoms with Crippen molar-refractivity contribution in [3.8, 4) is 0 Å². The minimum atomic E-state index is -2.77. The molecule has 4 rings (SSSR count). The van der Waals surface area contributed by atoms with E-state index in [9.17, 15) is 31.2 Å². The first-order valence-electron chi connectivity index (χ1n) is 10.1. The van der Waals surface area contributed by atoms with Gasteiger partial charge >= 0.3 is 0 Å². The van der Waals surface area contributed by atoms with E-state index < -0.39 is 33.0 Å². The number of amides is 1. The van der Waals surface area contributed by atoms with E-state index >= 15 is 0 Å². The van der Waals surface area contributed by atoms with Crippen LogP contribution in [0.1, 0.15) is 60.6 Å². The molecule has 0 unspecified atom stereocenters. The van der Waals surface area contributed by atoms with Gasteiger partial charge in [-0.1, -0.05) is 18.2 Å². The summed E-state index contributed by atoms with van der Waals surface area (Å²) in [5.41, 5.74) is 1.06. The van der Waals surface area contributed by atoms with Gasteiger partial charge in [-0.25, -0.2) is 16.8 Å². The lowest BCUT2D eigenvalue weighted by atomic mass is 9.81. The van der Waals surface area contributed by atoms with Gasteiger partial charge in [0.25, 0.3) is 5.91 Å². The minimum absolute atomic E-state index is 0.0397. The SMILES string of the molecule is O=C1c2cc(C(=O)N3CCC(C[SH](=O)=O)CC3)ccc2C(=O)c2c(C[SH](=O)=O)cccc21. The molecule has 2 aliphatic rings. The molecule has 168 valence electrons. The summed E-state index contributed by atoms with van der Waals surface area (Å²) in [7, 11) is -5.22. The van der Waals surface area contributed by atoms with Crippen LogP contribution in [-0.2, 0) is 27.2 Å². The Morgan fingerprint density at radius 2 is 1.59 bits per heavy atom. The molecule has 2 aromatic carbocycles. The Hall–Kier alpha value is -2.85. The molecule has 0 bridgehead atoms. The van der Waals surface area contributed by atoms with Crippen LogP contribution in [0, 0.1) is 5.92 Å². The van der Waals surface area contributed by atoms with Crippen LogP contribution in [0.3, 0.4) is 0 Å². The first-order valence-corrected chi connectivity index (χ1v) is 12.9. The van der Waals surface area contributed by atoms with Crippen LogP contribution < -0.4 is 0 Å². The van der Waals surface area contributed by atoms with E-state index in [0.717, 1.165) is 0 Å². The summed E-state index contributed by atoms with van der Waals surface area (Å²) in [6.07, 6.45) is 1.19. The molecule has 8 nitrogen and oxygen atoms in total. The van der Waals surface area contributed by atoms with Gasteiger partial charge in [0.15, 0.2) is 11.6 Å². The van der Waals surface area contributed by atoms with Crippen LogP contribution in [0.15, 0.2) is 36.4 Å². The van der Waals surface area contributed by atoms with Crippen molar-refractivity contribution in [1.82, 2.24) is 4.90 Å². The third-order valence-electron chi connectivity index (χ3n) is 5.99. The molecule has 0 saturated carbocycles. The number of hydrogen-bond donors (Lipinski definition) is 2. The highest BCUT2D eigenvalue weighted by atomic mass is 32.2. The van der Waals surface area contributed by atoms with E-state index in [1.54, 1.807) is 4.90 Å². The Balaban J connectivity index is 1.61. The van der Waals surface area contributed by atoms with Crippen LogP contribution in [0.5, 0.6) is 0 Å². The van der Waals surface area contributed by atoms with E-state index in [-0.39, 0.29) is 56.7 Å². The van der Waals surface area contributed by atoms with E-state index in [4.69, 9.17) is 0 Å². The summed E-state index contributed by atoms with van der Waals surface area (Å²) in [6, 6.07) is 8.90. The highest BCUT2D eigenvalue weighted by Crippen LogP contribution is 2.31. The topological polar surface area (TPSA) is 123 Å². The van der Waals surface area contributed by atoms with Gasteiger partial charge in [0.1, 0.15) is 21.4 Å². The molecule has 1 saturated heterocycles. The standard InChI is InChI=1S/C22H21NO7S2/c24-20-17-3-1-2-15(12-32(29)30)19(17)21(25)16-5-4-14(10-18(16)20)22(26)23-8-6-13(7-9-23)11-31(27)28/h1-5,10,13,31-32H,6-9,11-12H2. The number of carbonyl (C=O) groups excluding carboxylic acids is 3. The largest absolute Gasteiger partial charge is 0.339 e. The van der Waals surface area contributed by atoms with Crippen molar-refractivity contribution in [3.05, 3.63) is 69.8 Å². The minimum Gasteiger partial charge on any atom is -0.339 e. The lowest BCUT2D eigenvalue weighted by Gasteiger charge is -2.31. The quantitative estimate of drug-likeness (QED) is 0.529. The third kappa shape index (κ3) is 4.24. The van der Waals surface area contributed by atoms with Crippen LogP contribution in [0.25, 0.3) is 0 Å². The fourth-order valence-electron chi connectivity index (χ4n) is 4.38. The van der Waals surface area contributed by atoms with Gasteiger partial charge in [-0.05, 0) is 42.5 Å². The van der Waals surface area contributed by atoms with Crippen LogP contribution in [-0.4, -0.2) is 58.1 Å².